The Morgan fingerprint density at radius 2 is 2.13 bits per heavy atom. The average Bonchev–Trinajstić information content (AvgIpc) is 2.16. The lowest BCUT2D eigenvalue weighted by molar-refractivity contribution is 0.242. The van der Waals surface area contributed by atoms with Crippen LogP contribution in [0.4, 0.5) is 5.69 Å². The van der Waals surface area contributed by atoms with Crippen molar-refractivity contribution in [2.45, 2.75) is 20.0 Å². The minimum absolute atomic E-state index is 0.168. The van der Waals surface area contributed by atoms with Gasteiger partial charge in [-0.3, -0.25) is 0 Å². The normalized spacial score (nSPS) is 10.1. The first kappa shape index (κ1) is 11.4. The number of anilines is 1. The van der Waals surface area contributed by atoms with E-state index in [9.17, 15) is 0 Å². The first-order chi connectivity index (χ1) is 7.04. The van der Waals surface area contributed by atoms with Crippen LogP contribution >= 0.6 is 0 Å². The summed E-state index contributed by atoms with van der Waals surface area (Å²) in [5.41, 5.74) is 8.06. The molecule has 0 heterocycles. The molecule has 1 aromatic carbocycles. The summed E-state index contributed by atoms with van der Waals surface area (Å²) in [7, 11) is 1.85. The molecule has 0 unspecified atom stereocenters. The van der Waals surface area contributed by atoms with Gasteiger partial charge in [0.05, 0.1) is 6.10 Å². The van der Waals surface area contributed by atoms with Crippen molar-refractivity contribution in [2.75, 3.05) is 12.4 Å². The molecule has 3 N–H and O–H groups in total. The molecule has 15 heavy (non-hydrogen) atoms. The van der Waals surface area contributed by atoms with Gasteiger partial charge in [0.25, 0.3) is 0 Å². The average molecular weight is 206 g/mol. The summed E-state index contributed by atoms with van der Waals surface area (Å²) in [6, 6.07) is 5.73. The van der Waals surface area contributed by atoms with E-state index in [2.05, 4.69) is 11.9 Å². The van der Waals surface area contributed by atoms with Crippen LogP contribution in [0.3, 0.4) is 0 Å². The second kappa shape index (κ2) is 4.73. The van der Waals surface area contributed by atoms with Gasteiger partial charge >= 0.3 is 0 Å². The quantitative estimate of drug-likeness (QED) is 0.795. The standard InChI is InChI=1S/C12H18N2O/c1-8(2)15-10-5-6-11(9(3)13)12(7-10)14-4/h5-8,14H,3,13H2,1-2,4H3. The lowest BCUT2D eigenvalue weighted by atomic mass is 10.1. The van der Waals surface area contributed by atoms with Crippen molar-refractivity contribution in [3.8, 4) is 5.75 Å². The number of ether oxygens (including phenoxy) is 1. The van der Waals surface area contributed by atoms with Crippen molar-refractivity contribution in [3.63, 3.8) is 0 Å². The van der Waals surface area contributed by atoms with Crippen molar-refractivity contribution < 1.29 is 4.74 Å². The van der Waals surface area contributed by atoms with Gasteiger partial charge in [0.15, 0.2) is 0 Å². The van der Waals surface area contributed by atoms with E-state index in [1.807, 2.05) is 39.1 Å². The molecule has 0 amide bonds. The second-order valence-corrected chi connectivity index (χ2v) is 3.65. The number of hydrogen-bond donors (Lipinski definition) is 2. The Hall–Kier alpha value is -1.64. The fourth-order valence-corrected chi connectivity index (χ4v) is 1.36. The third-order valence-electron chi connectivity index (χ3n) is 1.98. The molecular formula is C12H18N2O. The first-order valence-electron chi connectivity index (χ1n) is 4.97. The van der Waals surface area contributed by atoms with Crippen LogP contribution in [0.5, 0.6) is 5.75 Å². The van der Waals surface area contributed by atoms with Gasteiger partial charge in [-0.1, -0.05) is 6.58 Å². The highest BCUT2D eigenvalue weighted by Gasteiger charge is 2.05. The molecule has 0 aliphatic heterocycles. The van der Waals surface area contributed by atoms with E-state index in [4.69, 9.17) is 10.5 Å². The van der Waals surface area contributed by atoms with E-state index in [0.717, 1.165) is 17.0 Å². The zero-order valence-corrected chi connectivity index (χ0v) is 9.50. The zero-order chi connectivity index (χ0) is 11.4. The Morgan fingerprint density at radius 3 is 2.60 bits per heavy atom. The van der Waals surface area contributed by atoms with Gasteiger partial charge in [-0.15, -0.1) is 0 Å². The zero-order valence-electron chi connectivity index (χ0n) is 9.50. The van der Waals surface area contributed by atoms with Gasteiger partial charge in [-0.2, -0.15) is 0 Å². The molecule has 0 radical (unpaired) electrons. The monoisotopic (exact) mass is 206 g/mol. The fraction of sp³-hybridized carbons (Fsp3) is 0.333. The van der Waals surface area contributed by atoms with Gasteiger partial charge in [0, 0.05) is 30.1 Å². The van der Waals surface area contributed by atoms with Gasteiger partial charge in [0.1, 0.15) is 5.75 Å². The van der Waals surface area contributed by atoms with Gasteiger partial charge in [-0.05, 0) is 26.0 Å². The maximum absolute atomic E-state index is 5.67. The Labute approximate surface area is 90.9 Å². The Morgan fingerprint density at radius 1 is 1.47 bits per heavy atom. The van der Waals surface area contributed by atoms with E-state index in [1.54, 1.807) is 0 Å². The molecule has 0 aliphatic rings. The molecule has 0 fully saturated rings. The second-order valence-electron chi connectivity index (χ2n) is 3.65. The van der Waals surface area contributed by atoms with E-state index in [0.29, 0.717) is 5.70 Å². The molecule has 0 aliphatic carbocycles. The lowest BCUT2D eigenvalue weighted by Gasteiger charge is -2.14. The Balaban J connectivity index is 3.02. The summed E-state index contributed by atoms with van der Waals surface area (Å²) in [4.78, 5) is 0. The summed E-state index contributed by atoms with van der Waals surface area (Å²) in [5, 5.41) is 3.07. The van der Waals surface area contributed by atoms with Gasteiger partial charge in [-0.25, -0.2) is 0 Å². The Bertz CT molecular complexity index is 359. The smallest absolute Gasteiger partial charge is 0.121 e. The molecule has 0 saturated carbocycles. The van der Waals surface area contributed by atoms with Crippen molar-refractivity contribution in [1.29, 1.82) is 0 Å². The van der Waals surface area contributed by atoms with E-state index < -0.39 is 0 Å². The highest BCUT2D eigenvalue weighted by molar-refractivity contribution is 5.74. The summed E-state index contributed by atoms with van der Waals surface area (Å²) in [6.07, 6.45) is 0.168. The van der Waals surface area contributed by atoms with Crippen LogP contribution in [0.15, 0.2) is 24.8 Å². The van der Waals surface area contributed by atoms with Crippen LogP contribution in [-0.4, -0.2) is 13.2 Å². The summed E-state index contributed by atoms with van der Waals surface area (Å²) < 4.78 is 5.58. The maximum Gasteiger partial charge on any atom is 0.121 e. The fourth-order valence-electron chi connectivity index (χ4n) is 1.36. The molecule has 82 valence electrons. The molecule has 0 bridgehead atoms. The third-order valence-corrected chi connectivity index (χ3v) is 1.98. The van der Waals surface area contributed by atoms with Gasteiger partial charge < -0.3 is 15.8 Å². The van der Waals surface area contributed by atoms with E-state index in [1.165, 1.54) is 0 Å². The number of nitrogens with two attached hydrogens (primary N) is 1. The van der Waals surface area contributed by atoms with Crippen LogP contribution in [0, 0.1) is 0 Å². The highest BCUT2D eigenvalue weighted by Crippen LogP contribution is 2.25. The van der Waals surface area contributed by atoms with Crippen LogP contribution < -0.4 is 15.8 Å². The van der Waals surface area contributed by atoms with Crippen LogP contribution in [-0.2, 0) is 0 Å². The molecule has 0 aromatic heterocycles. The topological polar surface area (TPSA) is 47.3 Å². The Kier molecular flexibility index (Phi) is 3.61. The predicted octanol–water partition coefficient (Wildman–Crippen LogP) is 2.44. The number of hydrogen-bond acceptors (Lipinski definition) is 3. The molecule has 1 rings (SSSR count). The number of benzene rings is 1. The summed E-state index contributed by atoms with van der Waals surface area (Å²) >= 11 is 0. The molecule has 0 spiro atoms. The van der Waals surface area contributed by atoms with E-state index in [-0.39, 0.29) is 6.10 Å². The molecule has 3 heteroatoms. The van der Waals surface area contributed by atoms with Crippen molar-refractivity contribution in [1.82, 2.24) is 0 Å². The largest absolute Gasteiger partial charge is 0.491 e. The number of nitrogens with one attached hydrogen (secondary N) is 1. The molecule has 1 aromatic rings. The third kappa shape index (κ3) is 2.91. The van der Waals surface area contributed by atoms with Crippen molar-refractivity contribution in [2.24, 2.45) is 5.73 Å². The predicted molar refractivity (Wildman–Crippen MR) is 65.0 cm³/mol. The maximum atomic E-state index is 5.67. The van der Waals surface area contributed by atoms with Gasteiger partial charge in [0.2, 0.25) is 0 Å². The molecular weight excluding hydrogens is 188 g/mol. The SMILES string of the molecule is C=C(N)c1ccc(OC(C)C)cc1NC. The lowest BCUT2D eigenvalue weighted by Crippen LogP contribution is -2.07. The van der Waals surface area contributed by atoms with Crippen LogP contribution in [0.25, 0.3) is 5.70 Å². The first-order valence-corrected chi connectivity index (χ1v) is 4.97. The van der Waals surface area contributed by atoms with E-state index >= 15 is 0 Å². The summed E-state index contributed by atoms with van der Waals surface area (Å²) in [6.45, 7) is 7.71. The van der Waals surface area contributed by atoms with Crippen molar-refractivity contribution >= 4 is 11.4 Å². The van der Waals surface area contributed by atoms with Crippen LogP contribution in [0.1, 0.15) is 19.4 Å². The molecule has 3 nitrogen and oxygen atoms in total. The minimum Gasteiger partial charge on any atom is -0.491 e. The molecule has 0 saturated heterocycles. The minimum atomic E-state index is 0.168. The highest BCUT2D eigenvalue weighted by atomic mass is 16.5. The number of rotatable bonds is 4. The van der Waals surface area contributed by atoms with Crippen LogP contribution in [0.2, 0.25) is 0 Å². The van der Waals surface area contributed by atoms with Crippen molar-refractivity contribution in [3.05, 3.63) is 30.3 Å². The molecule has 0 atom stereocenters. The summed E-state index contributed by atoms with van der Waals surface area (Å²) in [5.74, 6) is 0.833.